The van der Waals surface area contributed by atoms with E-state index in [9.17, 15) is 14.0 Å². The van der Waals surface area contributed by atoms with E-state index in [0.29, 0.717) is 6.29 Å². The lowest BCUT2D eigenvalue weighted by Crippen LogP contribution is -1.98. The molecule has 0 aliphatic heterocycles. The number of carbonyl (C=O) groups excluding carboxylic acids is 2. The van der Waals surface area contributed by atoms with Gasteiger partial charge in [0.25, 0.3) is 0 Å². The fourth-order valence-electron chi connectivity index (χ4n) is 1.09. The lowest BCUT2D eigenvalue weighted by Gasteiger charge is -2.00. The van der Waals surface area contributed by atoms with Crippen LogP contribution in [-0.2, 0) is 4.79 Å². The second-order valence-corrected chi connectivity index (χ2v) is 2.76. The van der Waals surface area contributed by atoms with Crippen molar-refractivity contribution in [3.05, 3.63) is 41.2 Å². The molecule has 1 aromatic carbocycles. The Labute approximate surface area is 81.1 Å². The van der Waals surface area contributed by atoms with Gasteiger partial charge in [0.1, 0.15) is 12.1 Å². The van der Waals surface area contributed by atoms with Gasteiger partial charge in [0.15, 0.2) is 5.78 Å². The second-order valence-electron chi connectivity index (χ2n) is 2.76. The molecule has 3 heteroatoms. The lowest BCUT2D eigenvalue weighted by atomic mass is 10.1. The van der Waals surface area contributed by atoms with Crippen LogP contribution < -0.4 is 0 Å². The molecule has 0 saturated carbocycles. The van der Waals surface area contributed by atoms with Crippen molar-refractivity contribution in [1.29, 1.82) is 0 Å². The number of ketones is 1. The predicted molar refractivity (Wildman–Crippen MR) is 51.5 cm³/mol. The smallest absolute Gasteiger partial charge is 0.162 e. The summed E-state index contributed by atoms with van der Waals surface area (Å²) in [5, 5.41) is 0. The minimum atomic E-state index is -0.585. The van der Waals surface area contributed by atoms with Crippen LogP contribution in [0, 0.1) is 5.82 Å². The van der Waals surface area contributed by atoms with Crippen LogP contribution in [0.2, 0.25) is 0 Å². The summed E-state index contributed by atoms with van der Waals surface area (Å²) in [7, 11) is 0. The van der Waals surface area contributed by atoms with Crippen LogP contribution in [0.3, 0.4) is 0 Å². The van der Waals surface area contributed by atoms with Crippen LogP contribution in [0.15, 0.2) is 24.3 Å². The van der Waals surface area contributed by atoms with Crippen molar-refractivity contribution in [3.63, 3.8) is 0 Å². The van der Waals surface area contributed by atoms with Gasteiger partial charge in [0.05, 0.1) is 5.56 Å². The maximum Gasteiger partial charge on any atom is 0.162 e. The van der Waals surface area contributed by atoms with Gasteiger partial charge in [-0.3, -0.25) is 9.59 Å². The summed E-state index contributed by atoms with van der Waals surface area (Å²) in [6.07, 6.45) is 3.07. The van der Waals surface area contributed by atoms with Crippen LogP contribution >= 0.6 is 0 Å². The lowest BCUT2D eigenvalue weighted by molar-refractivity contribution is -0.104. The Hall–Kier alpha value is -1.77. The van der Waals surface area contributed by atoms with Crippen LogP contribution in [0.25, 0.3) is 6.08 Å². The topological polar surface area (TPSA) is 34.1 Å². The first kappa shape index (κ1) is 10.3. The van der Waals surface area contributed by atoms with Crippen molar-refractivity contribution in [2.45, 2.75) is 6.92 Å². The van der Waals surface area contributed by atoms with Crippen molar-refractivity contribution in [2.24, 2.45) is 0 Å². The van der Waals surface area contributed by atoms with E-state index in [-0.39, 0.29) is 16.9 Å². The fourth-order valence-corrected chi connectivity index (χ4v) is 1.09. The van der Waals surface area contributed by atoms with Crippen LogP contribution in [-0.4, -0.2) is 12.1 Å². The molecule has 0 atom stereocenters. The van der Waals surface area contributed by atoms with Gasteiger partial charge in [-0.2, -0.15) is 0 Å². The molecule has 0 heterocycles. The molecule has 0 bridgehead atoms. The molecule has 0 N–H and O–H groups in total. The number of rotatable bonds is 3. The molecule has 2 nitrogen and oxygen atoms in total. The molecule has 72 valence electrons. The van der Waals surface area contributed by atoms with Crippen molar-refractivity contribution < 1.29 is 14.0 Å². The average Bonchev–Trinajstić information content (AvgIpc) is 2.16. The Morgan fingerprint density at radius 2 is 2.14 bits per heavy atom. The number of halogens is 1. The normalized spacial score (nSPS) is 10.4. The van der Waals surface area contributed by atoms with E-state index in [4.69, 9.17) is 0 Å². The Balaban J connectivity index is 3.20. The van der Waals surface area contributed by atoms with E-state index in [1.165, 1.54) is 31.2 Å². The van der Waals surface area contributed by atoms with Gasteiger partial charge in [-0.05, 0) is 25.1 Å². The molecule has 0 aromatic heterocycles. The third-order valence-corrected chi connectivity index (χ3v) is 1.76. The minimum Gasteiger partial charge on any atom is -0.299 e. The van der Waals surface area contributed by atoms with Gasteiger partial charge in [-0.1, -0.05) is 12.1 Å². The van der Waals surface area contributed by atoms with E-state index in [0.717, 1.165) is 0 Å². The summed E-state index contributed by atoms with van der Waals surface area (Å²) in [5.41, 5.74) is 0.280. The summed E-state index contributed by atoms with van der Waals surface area (Å²) in [6, 6.07) is 4.49. The van der Waals surface area contributed by atoms with Crippen molar-refractivity contribution in [3.8, 4) is 0 Å². The maximum atomic E-state index is 13.5. The summed E-state index contributed by atoms with van der Waals surface area (Å²) in [5.74, 6) is -0.915. The zero-order valence-electron chi connectivity index (χ0n) is 7.66. The monoisotopic (exact) mass is 192 g/mol. The number of hydrogen-bond acceptors (Lipinski definition) is 2. The molecule has 1 aromatic rings. The van der Waals surface area contributed by atoms with Crippen molar-refractivity contribution >= 4 is 18.1 Å². The summed E-state index contributed by atoms with van der Waals surface area (Å²) >= 11 is 0. The molecule has 1 rings (SSSR count). The highest BCUT2D eigenvalue weighted by molar-refractivity contribution is 5.95. The number of carbonyl (C=O) groups is 2. The number of Topliss-reactive ketones (excluding diaryl/α,β-unsaturated/α-hetero) is 1. The molecule has 0 fully saturated rings. The predicted octanol–water partition coefficient (Wildman–Crippen LogP) is 2.24. The number of hydrogen-bond donors (Lipinski definition) is 0. The zero-order valence-corrected chi connectivity index (χ0v) is 7.66. The SMILES string of the molecule is CC(=O)c1cccc(C=CC=O)c1F. The highest BCUT2D eigenvalue weighted by atomic mass is 19.1. The minimum absolute atomic E-state index is 0.0399. The highest BCUT2D eigenvalue weighted by Crippen LogP contribution is 2.14. The van der Waals surface area contributed by atoms with E-state index in [1.807, 2.05) is 0 Å². The van der Waals surface area contributed by atoms with Crippen molar-refractivity contribution in [2.75, 3.05) is 0 Å². The van der Waals surface area contributed by atoms with Gasteiger partial charge < -0.3 is 0 Å². The molecule has 0 aliphatic rings. The molecular formula is C11H9FO2. The number of benzene rings is 1. The summed E-state index contributed by atoms with van der Waals surface area (Å²) in [6.45, 7) is 1.30. The van der Waals surface area contributed by atoms with Gasteiger partial charge in [-0.25, -0.2) is 4.39 Å². The first-order valence-electron chi connectivity index (χ1n) is 4.08. The standard InChI is InChI=1S/C11H9FO2/c1-8(14)10-6-2-4-9(11(10)12)5-3-7-13/h2-7H,1H3. The Bertz CT molecular complexity index is 394. The van der Waals surface area contributed by atoms with Crippen LogP contribution in [0.4, 0.5) is 4.39 Å². The Morgan fingerprint density at radius 1 is 1.43 bits per heavy atom. The van der Waals surface area contributed by atoms with E-state index >= 15 is 0 Å². The summed E-state index contributed by atoms with van der Waals surface area (Å²) in [4.78, 5) is 21.0. The highest BCUT2D eigenvalue weighted by Gasteiger charge is 2.08. The summed E-state index contributed by atoms with van der Waals surface area (Å²) < 4.78 is 13.5. The average molecular weight is 192 g/mol. The zero-order chi connectivity index (χ0) is 10.6. The third-order valence-electron chi connectivity index (χ3n) is 1.76. The fraction of sp³-hybridized carbons (Fsp3) is 0.0909. The van der Waals surface area contributed by atoms with Gasteiger partial charge in [0, 0.05) is 5.56 Å². The molecule has 0 saturated heterocycles. The molecule has 0 amide bonds. The molecule has 14 heavy (non-hydrogen) atoms. The quantitative estimate of drug-likeness (QED) is 0.418. The largest absolute Gasteiger partial charge is 0.299 e. The maximum absolute atomic E-state index is 13.5. The first-order chi connectivity index (χ1) is 6.66. The first-order valence-corrected chi connectivity index (χ1v) is 4.08. The van der Waals surface area contributed by atoms with E-state index < -0.39 is 5.82 Å². The third kappa shape index (κ3) is 2.13. The van der Waals surface area contributed by atoms with Crippen LogP contribution in [0.1, 0.15) is 22.8 Å². The van der Waals surface area contributed by atoms with Gasteiger partial charge in [-0.15, -0.1) is 0 Å². The van der Waals surface area contributed by atoms with Gasteiger partial charge in [0.2, 0.25) is 0 Å². The molecule has 0 radical (unpaired) electrons. The molecular weight excluding hydrogens is 183 g/mol. The molecule has 0 unspecified atom stereocenters. The van der Waals surface area contributed by atoms with E-state index in [1.54, 1.807) is 6.07 Å². The Morgan fingerprint density at radius 3 is 2.71 bits per heavy atom. The van der Waals surface area contributed by atoms with Crippen molar-refractivity contribution in [1.82, 2.24) is 0 Å². The number of allylic oxidation sites excluding steroid dienone is 1. The molecule has 0 aliphatic carbocycles. The molecule has 0 spiro atoms. The second kappa shape index (κ2) is 4.46. The van der Waals surface area contributed by atoms with E-state index in [2.05, 4.69) is 0 Å². The van der Waals surface area contributed by atoms with Crippen LogP contribution in [0.5, 0.6) is 0 Å². The van der Waals surface area contributed by atoms with Gasteiger partial charge >= 0.3 is 0 Å². The number of aldehydes is 1. The Kier molecular flexibility index (Phi) is 3.29.